The second-order valence-electron chi connectivity index (χ2n) is 4.37. The molecule has 0 aromatic carbocycles. The molecule has 1 aromatic heterocycles. The zero-order valence-corrected chi connectivity index (χ0v) is 12.5. The number of aliphatic hydroxyl groups excluding tert-OH is 1. The van der Waals surface area contributed by atoms with Gasteiger partial charge in [0.25, 0.3) is 5.91 Å². The van der Waals surface area contributed by atoms with Crippen molar-refractivity contribution in [3.8, 4) is 11.8 Å². The number of aliphatic hydroxyl groups is 1. The standard InChI is InChI=1S/C14H17NO2S2/c1-15(12-6-8-18-10-12)14(17)13-11(5-9-19-13)4-2-3-7-16/h5,9,12,16H,3,6-8,10H2,1H3. The predicted octanol–water partition coefficient (Wildman–Crippen LogP) is 2.06. The van der Waals surface area contributed by atoms with Crippen molar-refractivity contribution in [3.05, 3.63) is 21.9 Å². The quantitative estimate of drug-likeness (QED) is 0.868. The molecule has 1 amide bonds. The molecular formula is C14H17NO2S2. The molecule has 5 heteroatoms. The fourth-order valence-electron chi connectivity index (χ4n) is 1.94. The van der Waals surface area contributed by atoms with E-state index in [0.717, 1.165) is 23.5 Å². The van der Waals surface area contributed by atoms with Crippen molar-refractivity contribution >= 4 is 29.0 Å². The highest BCUT2D eigenvalue weighted by Crippen LogP contribution is 2.25. The topological polar surface area (TPSA) is 40.5 Å². The maximum atomic E-state index is 12.5. The van der Waals surface area contributed by atoms with Crippen LogP contribution in [-0.2, 0) is 0 Å². The van der Waals surface area contributed by atoms with Crippen LogP contribution in [0.3, 0.4) is 0 Å². The maximum absolute atomic E-state index is 12.5. The average molecular weight is 295 g/mol. The Bertz CT molecular complexity index is 495. The molecule has 1 saturated heterocycles. The van der Waals surface area contributed by atoms with Crippen molar-refractivity contribution < 1.29 is 9.90 Å². The zero-order chi connectivity index (χ0) is 13.7. The van der Waals surface area contributed by atoms with Gasteiger partial charge in [-0.2, -0.15) is 11.8 Å². The van der Waals surface area contributed by atoms with Crippen molar-refractivity contribution in [2.24, 2.45) is 0 Å². The van der Waals surface area contributed by atoms with Crippen LogP contribution in [0.25, 0.3) is 0 Å². The lowest BCUT2D eigenvalue weighted by Crippen LogP contribution is -2.36. The van der Waals surface area contributed by atoms with Crippen LogP contribution in [0, 0.1) is 11.8 Å². The molecule has 0 bridgehead atoms. The van der Waals surface area contributed by atoms with Crippen molar-refractivity contribution in [2.75, 3.05) is 25.2 Å². The highest BCUT2D eigenvalue weighted by molar-refractivity contribution is 7.99. The van der Waals surface area contributed by atoms with Gasteiger partial charge in [0.1, 0.15) is 4.88 Å². The van der Waals surface area contributed by atoms with Crippen LogP contribution < -0.4 is 0 Å². The molecule has 19 heavy (non-hydrogen) atoms. The van der Waals surface area contributed by atoms with Crippen LogP contribution in [0.2, 0.25) is 0 Å². The second-order valence-corrected chi connectivity index (χ2v) is 6.44. The highest BCUT2D eigenvalue weighted by atomic mass is 32.2. The summed E-state index contributed by atoms with van der Waals surface area (Å²) < 4.78 is 0. The van der Waals surface area contributed by atoms with E-state index in [0.29, 0.717) is 17.3 Å². The van der Waals surface area contributed by atoms with Crippen LogP contribution in [-0.4, -0.2) is 47.1 Å². The third-order valence-corrected chi connectivity index (χ3v) is 5.14. The number of carbonyl (C=O) groups is 1. The average Bonchev–Trinajstić information content (AvgIpc) is 3.08. The van der Waals surface area contributed by atoms with Gasteiger partial charge < -0.3 is 10.0 Å². The molecule has 1 fully saturated rings. The number of rotatable bonds is 3. The molecule has 0 radical (unpaired) electrons. The van der Waals surface area contributed by atoms with Gasteiger partial charge in [-0.05, 0) is 23.6 Å². The third kappa shape index (κ3) is 3.53. The van der Waals surface area contributed by atoms with Crippen LogP contribution in [0.5, 0.6) is 0 Å². The summed E-state index contributed by atoms with van der Waals surface area (Å²) in [6, 6.07) is 2.22. The van der Waals surface area contributed by atoms with E-state index < -0.39 is 0 Å². The summed E-state index contributed by atoms with van der Waals surface area (Å²) in [7, 11) is 1.88. The summed E-state index contributed by atoms with van der Waals surface area (Å²) in [6.45, 7) is 0.0552. The Labute approximate surface area is 122 Å². The first kappa shape index (κ1) is 14.4. The number of nitrogens with zero attached hydrogens (tertiary/aromatic N) is 1. The van der Waals surface area contributed by atoms with E-state index in [1.807, 2.05) is 35.2 Å². The fourth-order valence-corrected chi connectivity index (χ4v) is 4.04. The van der Waals surface area contributed by atoms with Crippen molar-refractivity contribution in [1.29, 1.82) is 0 Å². The van der Waals surface area contributed by atoms with Gasteiger partial charge in [0.05, 0.1) is 6.61 Å². The van der Waals surface area contributed by atoms with Crippen molar-refractivity contribution in [3.63, 3.8) is 0 Å². The van der Waals surface area contributed by atoms with Gasteiger partial charge in [-0.25, -0.2) is 0 Å². The number of carbonyl (C=O) groups excluding carboxylic acids is 1. The number of amides is 1. The molecule has 2 heterocycles. The second kappa shape index (κ2) is 6.99. The Hall–Kier alpha value is -0.960. The molecule has 102 valence electrons. The molecule has 1 unspecified atom stereocenters. The monoisotopic (exact) mass is 295 g/mol. The molecule has 0 saturated carbocycles. The molecule has 3 nitrogen and oxygen atoms in total. The van der Waals surface area contributed by atoms with Gasteiger partial charge in [0, 0.05) is 30.8 Å². The fraction of sp³-hybridized carbons (Fsp3) is 0.500. The Morgan fingerprint density at radius 1 is 1.63 bits per heavy atom. The van der Waals surface area contributed by atoms with Crippen LogP contribution in [0.15, 0.2) is 11.4 Å². The Kier molecular flexibility index (Phi) is 5.32. The summed E-state index contributed by atoms with van der Waals surface area (Å²) in [4.78, 5) is 15.0. The normalized spacial score (nSPS) is 17.9. The van der Waals surface area contributed by atoms with E-state index in [4.69, 9.17) is 5.11 Å². The SMILES string of the molecule is CN(C(=O)c1sccc1C#CCCO)C1CCSC1. The molecule has 1 aliphatic heterocycles. The minimum absolute atomic E-state index is 0.0552. The minimum atomic E-state index is 0.0552. The molecule has 0 spiro atoms. The van der Waals surface area contributed by atoms with Gasteiger partial charge in [0.15, 0.2) is 0 Å². The van der Waals surface area contributed by atoms with Gasteiger partial charge in [-0.1, -0.05) is 11.8 Å². The van der Waals surface area contributed by atoms with E-state index >= 15 is 0 Å². The minimum Gasteiger partial charge on any atom is -0.395 e. The molecular weight excluding hydrogens is 278 g/mol. The third-order valence-electron chi connectivity index (χ3n) is 3.09. The van der Waals surface area contributed by atoms with E-state index in [1.165, 1.54) is 11.3 Å². The molecule has 2 rings (SSSR count). The Morgan fingerprint density at radius 3 is 3.16 bits per heavy atom. The number of thiophene rings is 1. The van der Waals surface area contributed by atoms with Gasteiger partial charge in [-0.3, -0.25) is 4.79 Å². The van der Waals surface area contributed by atoms with E-state index in [2.05, 4.69) is 11.8 Å². The van der Waals surface area contributed by atoms with Gasteiger partial charge in [-0.15, -0.1) is 11.3 Å². The largest absolute Gasteiger partial charge is 0.395 e. The van der Waals surface area contributed by atoms with Gasteiger partial charge >= 0.3 is 0 Å². The van der Waals surface area contributed by atoms with Crippen LogP contribution in [0.4, 0.5) is 0 Å². The van der Waals surface area contributed by atoms with Crippen LogP contribution >= 0.6 is 23.1 Å². The summed E-state index contributed by atoms with van der Waals surface area (Å²) in [5.74, 6) is 8.07. The van der Waals surface area contributed by atoms with Crippen molar-refractivity contribution in [1.82, 2.24) is 4.90 Å². The summed E-state index contributed by atoms with van der Waals surface area (Å²) in [5, 5.41) is 10.6. The predicted molar refractivity (Wildman–Crippen MR) is 80.7 cm³/mol. The van der Waals surface area contributed by atoms with E-state index in [1.54, 1.807) is 0 Å². The van der Waals surface area contributed by atoms with E-state index in [-0.39, 0.29) is 12.5 Å². The lowest BCUT2D eigenvalue weighted by molar-refractivity contribution is 0.0752. The van der Waals surface area contributed by atoms with E-state index in [9.17, 15) is 4.79 Å². The number of hydrogen-bond acceptors (Lipinski definition) is 4. The lowest BCUT2D eigenvalue weighted by Gasteiger charge is -2.23. The molecule has 1 aromatic rings. The molecule has 0 aliphatic carbocycles. The zero-order valence-electron chi connectivity index (χ0n) is 10.9. The Morgan fingerprint density at radius 2 is 2.47 bits per heavy atom. The van der Waals surface area contributed by atoms with Crippen LogP contribution in [0.1, 0.15) is 28.1 Å². The van der Waals surface area contributed by atoms with Gasteiger partial charge in [0.2, 0.25) is 0 Å². The smallest absolute Gasteiger partial charge is 0.265 e. The highest BCUT2D eigenvalue weighted by Gasteiger charge is 2.26. The summed E-state index contributed by atoms with van der Waals surface area (Å²) in [5.41, 5.74) is 0.779. The summed E-state index contributed by atoms with van der Waals surface area (Å²) in [6.07, 6.45) is 1.52. The number of thioether (sulfide) groups is 1. The lowest BCUT2D eigenvalue weighted by atomic mass is 10.2. The number of hydrogen-bond donors (Lipinski definition) is 1. The first-order valence-corrected chi connectivity index (χ1v) is 8.29. The summed E-state index contributed by atoms with van der Waals surface area (Å²) >= 11 is 3.34. The Balaban J connectivity index is 2.11. The first-order chi connectivity index (χ1) is 9.24. The van der Waals surface area contributed by atoms with Crippen molar-refractivity contribution in [2.45, 2.75) is 18.9 Å². The molecule has 1 atom stereocenters. The molecule has 1 N–H and O–H groups in total. The maximum Gasteiger partial charge on any atom is 0.265 e. The first-order valence-electron chi connectivity index (χ1n) is 6.26. The molecule has 1 aliphatic rings.